The minimum Gasteiger partial charge on any atom is -0.443 e. The van der Waals surface area contributed by atoms with E-state index < -0.39 is 0 Å². The second kappa shape index (κ2) is 5.41. The lowest BCUT2D eigenvalue weighted by Gasteiger charge is -2.06. The average Bonchev–Trinajstić information content (AvgIpc) is 2.88. The number of oxazole rings is 1. The molecule has 0 aromatic carbocycles. The Morgan fingerprint density at radius 3 is 2.94 bits per heavy atom. The summed E-state index contributed by atoms with van der Waals surface area (Å²) in [5.41, 5.74) is 0. The van der Waals surface area contributed by atoms with E-state index in [0.29, 0.717) is 6.10 Å². The van der Waals surface area contributed by atoms with Crippen molar-refractivity contribution in [2.75, 3.05) is 6.54 Å². The molecule has 1 saturated carbocycles. The zero-order valence-electron chi connectivity index (χ0n) is 11.0. The maximum absolute atomic E-state index is 5.78. The van der Waals surface area contributed by atoms with Gasteiger partial charge in [0.05, 0.1) is 12.3 Å². The van der Waals surface area contributed by atoms with Gasteiger partial charge in [-0.1, -0.05) is 0 Å². The van der Waals surface area contributed by atoms with E-state index in [4.69, 9.17) is 9.15 Å². The van der Waals surface area contributed by atoms with Crippen molar-refractivity contribution in [3.8, 4) is 0 Å². The molecular formula is C14H22N2O2. The number of aryl methyl sites for hydroxylation is 1. The molecule has 4 heteroatoms. The standard InChI is InChI=1S/C14H22N2O2/c1-10-4-7-12(17-10)13-9-16-14(18-13)3-2-8-15-11-5-6-11/h9-12,15H,2-8H2,1H3. The summed E-state index contributed by atoms with van der Waals surface area (Å²) in [6.45, 7) is 3.18. The number of hydrogen-bond donors (Lipinski definition) is 1. The quantitative estimate of drug-likeness (QED) is 0.788. The van der Waals surface area contributed by atoms with Crippen LogP contribution in [0.5, 0.6) is 0 Å². The van der Waals surface area contributed by atoms with Crippen LogP contribution >= 0.6 is 0 Å². The third-order valence-corrected chi connectivity index (χ3v) is 3.70. The van der Waals surface area contributed by atoms with E-state index in [1.54, 1.807) is 0 Å². The van der Waals surface area contributed by atoms with Gasteiger partial charge in [-0.3, -0.25) is 0 Å². The molecule has 100 valence electrons. The van der Waals surface area contributed by atoms with Crippen LogP contribution < -0.4 is 5.32 Å². The first kappa shape index (κ1) is 12.2. The van der Waals surface area contributed by atoms with Crippen LogP contribution in [0, 0.1) is 0 Å². The Hall–Kier alpha value is -0.870. The van der Waals surface area contributed by atoms with Crippen LogP contribution in [0.4, 0.5) is 0 Å². The van der Waals surface area contributed by atoms with Crippen molar-refractivity contribution in [1.29, 1.82) is 0 Å². The molecule has 0 amide bonds. The molecule has 2 fully saturated rings. The molecule has 2 heterocycles. The Bertz CT molecular complexity index is 387. The van der Waals surface area contributed by atoms with Crippen molar-refractivity contribution >= 4 is 0 Å². The minimum atomic E-state index is 0.130. The lowest BCUT2D eigenvalue weighted by Crippen LogP contribution is -2.17. The molecular weight excluding hydrogens is 228 g/mol. The Balaban J connectivity index is 1.43. The normalized spacial score (nSPS) is 27.8. The molecule has 18 heavy (non-hydrogen) atoms. The van der Waals surface area contributed by atoms with E-state index in [1.807, 2.05) is 6.20 Å². The van der Waals surface area contributed by atoms with Crippen LogP contribution in [0.15, 0.2) is 10.6 Å². The third-order valence-electron chi connectivity index (χ3n) is 3.70. The molecule has 1 aliphatic heterocycles. The molecule has 0 bridgehead atoms. The molecule has 1 aliphatic carbocycles. The maximum atomic E-state index is 5.78. The van der Waals surface area contributed by atoms with Crippen molar-refractivity contribution in [2.45, 2.75) is 63.7 Å². The summed E-state index contributed by atoms with van der Waals surface area (Å²) in [7, 11) is 0. The number of hydrogen-bond acceptors (Lipinski definition) is 4. The van der Waals surface area contributed by atoms with Crippen molar-refractivity contribution in [3.63, 3.8) is 0 Å². The van der Waals surface area contributed by atoms with Crippen LogP contribution in [0.25, 0.3) is 0 Å². The van der Waals surface area contributed by atoms with Gasteiger partial charge in [0.2, 0.25) is 0 Å². The Morgan fingerprint density at radius 2 is 2.22 bits per heavy atom. The van der Waals surface area contributed by atoms with Gasteiger partial charge in [-0.15, -0.1) is 0 Å². The van der Waals surface area contributed by atoms with Crippen LogP contribution in [0.1, 0.15) is 56.8 Å². The average molecular weight is 250 g/mol. The summed E-state index contributed by atoms with van der Waals surface area (Å²) in [6, 6.07) is 0.790. The Morgan fingerprint density at radius 1 is 1.33 bits per heavy atom. The molecule has 1 N–H and O–H groups in total. The molecule has 1 saturated heterocycles. The van der Waals surface area contributed by atoms with E-state index in [-0.39, 0.29) is 6.10 Å². The van der Waals surface area contributed by atoms with E-state index in [0.717, 1.165) is 49.9 Å². The lowest BCUT2D eigenvalue weighted by atomic mass is 10.2. The summed E-state index contributed by atoms with van der Waals surface area (Å²) < 4.78 is 11.6. The molecule has 2 unspecified atom stereocenters. The highest BCUT2D eigenvalue weighted by Crippen LogP contribution is 2.32. The highest BCUT2D eigenvalue weighted by Gasteiger charge is 2.26. The second-order valence-electron chi connectivity index (χ2n) is 5.50. The molecule has 3 rings (SSSR count). The van der Waals surface area contributed by atoms with Crippen molar-refractivity contribution in [3.05, 3.63) is 17.8 Å². The van der Waals surface area contributed by atoms with E-state index in [1.165, 1.54) is 12.8 Å². The largest absolute Gasteiger partial charge is 0.443 e. The predicted molar refractivity (Wildman–Crippen MR) is 68.4 cm³/mol. The highest BCUT2D eigenvalue weighted by atomic mass is 16.5. The zero-order chi connectivity index (χ0) is 12.4. The topological polar surface area (TPSA) is 47.3 Å². The number of aromatic nitrogens is 1. The first-order valence-electron chi connectivity index (χ1n) is 7.14. The highest BCUT2D eigenvalue weighted by molar-refractivity contribution is 5.00. The fraction of sp³-hybridized carbons (Fsp3) is 0.786. The fourth-order valence-electron chi connectivity index (χ4n) is 2.43. The van der Waals surface area contributed by atoms with Crippen molar-refractivity contribution < 1.29 is 9.15 Å². The van der Waals surface area contributed by atoms with E-state index in [2.05, 4.69) is 17.2 Å². The summed E-state index contributed by atoms with van der Waals surface area (Å²) in [5, 5.41) is 3.50. The first-order chi connectivity index (χ1) is 8.81. The molecule has 0 radical (unpaired) electrons. The van der Waals surface area contributed by atoms with Crippen LogP contribution in [0.3, 0.4) is 0 Å². The maximum Gasteiger partial charge on any atom is 0.194 e. The van der Waals surface area contributed by atoms with Gasteiger partial charge in [-0.05, 0) is 45.6 Å². The lowest BCUT2D eigenvalue weighted by molar-refractivity contribution is 0.0417. The Labute approximate surface area is 108 Å². The van der Waals surface area contributed by atoms with E-state index in [9.17, 15) is 0 Å². The summed E-state index contributed by atoms with van der Waals surface area (Å²) >= 11 is 0. The minimum absolute atomic E-state index is 0.130. The fourth-order valence-corrected chi connectivity index (χ4v) is 2.43. The van der Waals surface area contributed by atoms with Crippen LogP contribution in [0.2, 0.25) is 0 Å². The van der Waals surface area contributed by atoms with Gasteiger partial charge >= 0.3 is 0 Å². The number of nitrogens with zero attached hydrogens (tertiary/aromatic N) is 1. The van der Waals surface area contributed by atoms with Gasteiger partial charge in [0.25, 0.3) is 0 Å². The number of nitrogens with one attached hydrogen (secondary N) is 1. The summed E-state index contributed by atoms with van der Waals surface area (Å²) in [5.74, 6) is 1.76. The molecule has 0 spiro atoms. The molecule has 1 aromatic heterocycles. The monoisotopic (exact) mass is 250 g/mol. The van der Waals surface area contributed by atoms with Gasteiger partial charge in [-0.25, -0.2) is 4.98 Å². The van der Waals surface area contributed by atoms with Gasteiger partial charge in [0.1, 0.15) is 6.10 Å². The first-order valence-corrected chi connectivity index (χ1v) is 7.14. The van der Waals surface area contributed by atoms with Crippen molar-refractivity contribution in [2.24, 2.45) is 0 Å². The molecule has 2 atom stereocenters. The Kier molecular flexibility index (Phi) is 3.66. The van der Waals surface area contributed by atoms with Gasteiger partial charge in [0.15, 0.2) is 11.7 Å². The molecule has 4 nitrogen and oxygen atoms in total. The second-order valence-corrected chi connectivity index (χ2v) is 5.50. The smallest absolute Gasteiger partial charge is 0.194 e. The van der Waals surface area contributed by atoms with Gasteiger partial charge in [-0.2, -0.15) is 0 Å². The third kappa shape index (κ3) is 3.12. The zero-order valence-corrected chi connectivity index (χ0v) is 11.0. The molecule has 1 aromatic rings. The predicted octanol–water partition coefficient (Wildman–Crippen LogP) is 2.60. The van der Waals surface area contributed by atoms with Crippen molar-refractivity contribution in [1.82, 2.24) is 10.3 Å². The number of ether oxygens (including phenoxy) is 1. The van der Waals surface area contributed by atoms with Crippen LogP contribution in [-0.4, -0.2) is 23.7 Å². The molecule has 2 aliphatic rings. The van der Waals surface area contributed by atoms with E-state index >= 15 is 0 Å². The summed E-state index contributed by atoms with van der Waals surface area (Å²) in [6.07, 6.45) is 9.20. The van der Waals surface area contributed by atoms with Crippen LogP contribution in [-0.2, 0) is 11.2 Å². The van der Waals surface area contributed by atoms with Gasteiger partial charge in [0, 0.05) is 12.5 Å². The SMILES string of the molecule is CC1CCC(c2cnc(CCCNC3CC3)o2)O1. The summed E-state index contributed by atoms with van der Waals surface area (Å²) in [4.78, 5) is 4.34. The number of rotatable bonds is 6. The van der Waals surface area contributed by atoms with Gasteiger partial charge < -0.3 is 14.5 Å².